The van der Waals surface area contributed by atoms with E-state index in [1.807, 2.05) is 18.4 Å². The lowest BCUT2D eigenvalue weighted by atomic mass is 10.1. The number of hydrogen-bond donors (Lipinski definition) is 2. The molecule has 1 fully saturated rings. The second-order valence-electron chi connectivity index (χ2n) is 6.16. The van der Waals surface area contributed by atoms with Gasteiger partial charge in [0.25, 0.3) is 0 Å². The number of aryl methyl sites for hydroxylation is 1. The molecule has 1 aliphatic heterocycles. The molecule has 1 aromatic rings. The second kappa shape index (κ2) is 11.3. The number of likely N-dealkylation sites (tertiary alicyclic amines) is 1. The topological polar surface area (TPSA) is 39.7 Å². The zero-order chi connectivity index (χ0) is 15.8. The normalized spacial score (nSPS) is 17.4. The van der Waals surface area contributed by atoms with Gasteiger partial charge in [-0.05, 0) is 51.9 Å². The fraction of sp³-hybridized carbons (Fsp3) is 0.706. The third-order valence-electron chi connectivity index (χ3n) is 4.08. The van der Waals surface area contributed by atoms with Crippen molar-refractivity contribution < 1.29 is 0 Å². The van der Waals surface area contributed by atoms with Gasteiger partial charge in [0.1, 0.15) is 0 Å². The van der Waals surface area contributed by atoms with Crippen LogP contribution in [0.25, 0.3) is 0 Å². The summed E-state index contributed by atoms with van der Waals surface area (Å²) in [6.07, 6.45) is 5.15. The van der Waals surface area contributed by atoms with Crippen LogP contribution < -0.4 is 10.6 Å². The van der Waals surface area contributed by atoms with Crippen LogP contribution in [0.15, 0.2) is 17.1 Å². The Bertz CT molecular complexity index is 469. The first-order valence-electron chi connectivity index (χ1n) is 8.42. The van der Waals surface area contributed by atoms with Gasteiger partial charge >= 0.3 is 0 Å². The lowest BCUT2D eigenvalue weighted by molar-refractivity contribution is 0.232. The molecule has 0 saturated carbocycles. The highest BCUT2D eigenvalue weighted by Gasteiger charge is 2.10. The van der Waals surface area contributed by atoms with E-state index in [9.17, 15) is 0 Å². The molecule has 0 radical (unpaired) electrons. The minimum Gasteiger partial charge on any atom is -0.355 e. The summed E-state index contributed by atoms with van der Waals surface area (Å²) < 4.78 is 0. The van der Waals surface area contributed by atoms with Crippen LogP contribution in [0.3, 0.4) is 0 Å². The van der Waals surface area contributed by atoms with Crippen molar-refractivity contribution in [2.24, 2.45) is 4.99 Å². The number of thiophene rings is 1. The lowest BCUT2D eigenvalue weighted by Gasteiger charge is -2.27. The molecule has 1 aliphatic rings. The molecule has 1 atom stereocenters. The van der Waals surface area contributed by atoms with Gasteiger partial charge in [0.2, 0.25) is 0 Å². The van der Waals surface area contributed by atoms with E-state index >= 15 is 0 Å². The molecule has 4 nitrogen and oxygen atoms in total. The van der Waals surface area contributed by atoms with Gasteiger partial charge in [-0.15, -0.1) is 35.3 Å². The molecule has 2 N–H and O–H groups in total. The van der Waals surface area contributed by atoms with Gasteiger partial charge in [-0.25, -0.2) is 0 Å². The third-order valence-corrected chi connectivity index (χ3v) is 5.10. The van der Waals surface area contributed by atoms with E-state index < -0.39 is 0 Å². The maximum Gasteiger partial charge on any atom is 0.191 e. The third kappa shape index (κ3) is 7.85. The molecule has 1 aromatic heterocycles. The predicted octanol–water partition coefficient (Wildman–Crippen LogP) is 3.26. The average Bonchev–Trinajstić information content (AvgIpc) is 2.92. The highest BCUT2D eigenvalue weighted by atomic mass is 127. The molecule has 0 amide bonds. The van der Waals surface area contributed by atoms with Crippen LogP contribution in [0.1, 0.15) is 35.9 Å². The summed E-state index contributed by atoms with van der Waals surface area (Å²) in [4.78, 5) is 9.69. The fourth-order valence-electron chi connectivity index (χ4n) is 2.89. The highest BCUT2D eigenvalue weighted by molar-refractivity contribution is 14.0. The molecule has 0 aromatic carbocycles. The van der Waals surface area contributed by atoms with Gasteiger partial charge in [0.05, 0.1) is 0 Å². The molecule has 23 heavy (non-hydrogen) atoms. The van der Waals surface area contributed by atoms with E-state index in [4.69, 9.17) is 0 Å². The number of hydrogen-bond acceptors (Lipinski definition) is 3. The van der Waals surface area contributed by atoms with Gasteiger partial charge in [-0.3, -0.25) is 4.99 Å². The Hall–Kier alpha value is -0.340. The Morgan fingerprint density at radius 2 is 2.04 bits per heavy atom. The number of rotatable bonds is 6. The zero-order valence-corrected chi connectivity index (χ0v) is 17.7. The van der Waals surface area contributed by atoms with Crippen molar-refractivity contribution in [1.82, 2.24) is 15.5 Å². The zero-order valence-electron chi connectivity index (χ0n) is 14.6. The first-order chi connectivity index (χ1) is 10.7. The maximum atomic E-state index is 4.34. The van der Waals surface area contributed by atoms with Crippen molar-refractivity contribution in [1.29, 1.82) is 0 Å². The summed E-state index contributed by atoms with van der Waals surface area (Å²) in [6, 6.07) is 4.81. The van der Waals surface area contributed by atoms with Gasteiger partial charge in [-0.2, -0.15) is 0 Å². The monoisotopic (exact) mass is 450 g/mol. The van der Waals surface area contributed by atoms with Gasteiger partial charge in [-0.1, -0.05) is 6.42 Å². The van der Waals surface area contributed by atoms with Crippen LogP contribution in [0.5, 0.6) is 0 Å². The largest absolute Gasteiger partial charge is 0.355 e. The average molecular weight is 450 g/mol. The van der Waals surface area contributed by atoms with Gasteiger partial charge in [0, 0.05) is 42.4 Å². The lowest BCUT2D eigenvalue weighted by Crippen LogP contribution is -2.45. The number of halogens is 1. The molecule has 0 spiro atoms. The summed E-state index contributed by atoms with van der Waals surface area (Å²) in [6.45, 7) is 8.95. The Morgan fingerprint density at radius 1 is 1.30 bits per heavy atom. The summed E-state index contributed by atoms with van der Waals surface area (Å²) in [5.74, 6) is 0.915. The Kier molecular flexibility index (Phi) is 10.1. The summed E-state index contributed by atoms with van der Waals surface area (Å²) in [7, 11) is 1.85. The first kappa shape index (κ1) is 20.7. The molecule has 1 unspecified atom stereocenters. The molecule has 0 aliphatic carbocycles. The molecule has 2 heterocycles. The Morgan fingerprint density at radius 3 is 2.65 bits per heavy atom. The Labute approximate surface area is 162 Å². The first-order valence-corrected chi connectivity index (χ1v) is 9.24. The molecule has 0 bridgehead atoms. The summed E-state index contributed by atoms with van der Waals surface area (Å²) >= 11 is 1.88. The quantitative estimate of drug-likeness (QED) is 0.397. The van der Waals surface area contributed by atoms with E-state index in [0.29, 0.717) is 6.04 Å². The van der Waals surface area contributed by atoms with Crippen LogP contribution >= 0.6 is 35.3 Å². The fourth-order valence-corrected chi connectivity index (χ4v) is 3.91. The smallest absolute Gasteiger partial charge is 0.191 e. The van der Waals surface area contributed by atoms with Gasteiger partial charge < -0.3 is 15.5 Å². The number of nitrogens with zero attached hydrogens (tertiary/aromatic N) is 2. The SMILES string of the molecule is CN=C(NCCN1CCCCC1)NC(C)Cc1ccc(C)s1.I. The summed E-state index contributed by atoms with van der Waals surface area (Å²) in [5.41, 5.74) is 0. The second-order valence-corrected chi connectivity index (χ2v) is 7.54. The summed E-state index contributed by atoms with van der Waals surface area (Å²) in [5, 5.41) is 6.93. The molecule has 1 saturated heterocycles. The number of piperidine rings is 1. The van der Waals surface area contributed by atoms with Crippen LogP contribution in [0.4, 0.5) is 0 Å². The minimum absolute atomic E-state index is 0. The standard InChI is InChI=1S/C17H30N4S.HI/c1-14(13-16-8-7-15(2)22-16)20-17(18-3)19-9-12-21-10-5-4-6-11-21;/h7-8,14H,4-6,9-13H2,1-3H3,(H2,18,19,20);1H. The van der Waals surface area contributed by atoms with Crippen molar-refractivity contribution in [2.75, 3.05) is 33.2 Å². The van der Waals surface area contributed by atoms with Crippen LogP contribution in [0, 0.1) is 6.92 Å². The van der Waals surface area contributed by atoms with Crippen LogP contribution in [0.2, 0.25) is 0 Å². The highest BCUT2D eigenvalue weighted by Crippen LogP contribution is 2.16. The van der Waals surface area contributed by atoms with E-state index in [1.165, 1.54) is 42.1 Å². The molecular weight excluding hydrogens is 419 g/mol. The minimum atomic E-state index is 0. The van der Waals surface area contributed by atoms with E-state index in [-0.39, 0.29) is 24.0 Å². The van der Waals surface area contributed by atoms with E-state index in [0.717, 1.165) is 25.5 Å². The van der Waals surface area contributed by atoms with Crippen molar-refractivity contribution in [2.45, 2.75) is 45.6 Å². The molecule has 6 heteroatoms. The van der Waals surface area contributed by atoms with Crippen molar-refractivity contribution in [3.63, 3.8) is 0 Å². The molecule has 2 rings (SSSR count). The maximum absolute atomic E-state index is 4.34. The van der Waals surface area contributed by atoms with E-state index in [1.54, 1.807) is 0 Å². The number of guanidine groups is 1. The van der Waals surface area contributed by atoms with Crippen LogP contribution in [-0.4, -0.2) is 50.1 Å². The molecule has 132 valence electrons. The van der Waals surface area contributed by atoms with Crippen molar-refractivity contribution in [3.8, 4) is 0 Å². The van der Waals surface area contributed by atoms with Crippen molar-refractivity contribution in [3.05, 3.63) is 21.9 Å². The van der Waals surface area contributed by atoms with E-state index in [2.05, 4.69) is 46.5 Å². The molecular formula is C17H31IN4S. The Balaban J connectivity index is 0.00000264. The number of aliphatic imine (C=N–C) groups is 1. The van der Waals surface area contributed by atoms with Gasteiger partial charge in [0.15, 0.2) is 5.96 Å². The number of nitrogens with one attached hydrogen (secondary N) is 2. The predicted molar refractivity (Wildman–Crippen MR) is 112 cm³/mol. The van der Waals surface area contributed by atoms with Crippen molar-refractivity contribution >= 4 is 41.3 Å². The van der Waals surface area contributed by atoms with Crippen LogP contribution in [-0.2, 0) is 6.42 Å².